The molecule has 0 radical (unpaired) electrons. The third kappa shape index (κ3) is 5.05. The van der Waals surface area contributed by atoms with E-state index in [1.807, 2.05) is 0 Å². The summed E-state index contributed by atoms with van der Waals surface area (Å²) in [4.78, 5) is 21.4. The highest BCUT2D eigenvalue weighted by Gasteiger charge is 2.30. The SMILES string of the molecule is CC(C)(O)C(F)CNC(=O)c1cnc(-c2cnn3cc(Cl)cnc23)cc1N[C@@H]1COC[C@H]1F. The number of fused-ring (bicyclic) bond motifs is 1. The smallest absolute Gasteiger partial charge is 0.255 e. The van der Waals surface area contributed by atoms with Gasteiger partial charge in [-0.3, -0.25) is 9.78 Å². The van der Waals surface area contributed by atoms with Crippen molar-refractivity contribution in [2.45, 2.75) is 37.8 Å². The Morgan fingerprint density at radius 3 is 2.85 bits per heavy atom. The number of hydrogen-bond acceptors (Lipinski definition) is 7. The first-order valence-corrected chi connectivity index (χ1v) is 10.6. The highest BCUT2D eigenvalue weighted by atomic mass is 35.5. The number of aliphatic hydroxyl groups is 1. The molecule has 1 unspecified atom stereocenters. The van der Waals surface area contributed by atoms with Gasteiger partial charge in [0, 0.05) is 12.4 Å². The molecule has 0 saturated carbocycles. The van der Waals surface area contributed by atoms with E-state index in [4.69, 9.17) is 16.3 Å². The monoisotopic (exact) mass is 480 g/mol. The normalized spacial score (nSPS) is 19.6. The average Bonchev–Trinajstić information content (AvgIpc) is 3.36. The Kier molecular flexibility index (Phi) is 6.46. The van der Waals surface area contributed by atoms with E-state index in [0.29, 0.717) is 27.6 Å². The van der Waals surface area contributed by atoms with Crippen LogP contribution in [0.2, 0.25) is 5.02 Å². The first kappa shape index (κ1) is 23.3. The molecule has 0 spiro atoms. The van der Waals surface area contributed by atoms with E-state index in [2.05, 4.69) is 25.7 Å². The van der Waals surface area contributed by atoms with E-state index in [9.17, 15) is 18.7 Å². The number of carbonyl (C=O) groups excluding carboxylic acids is 1. The van der Waals surface area contributed by atoms with Crippen molar-refractivity contribution in [1.29, 1.82) is 0 Å². The second-order valence-electron chi connectivity index (χ2n) is 8.35. The summed E-state index contributed by atoms with van der Waals surface area (Å²) in [6.07, 6.45) is 2.99. The van der Waals surface area contributed by atoms with Crippen molar-refractivity contribution < 1.29 is 23.4 Å². The predicted octanol–water partition coefficient (Wildman–Crippen LogP) is 2.43. The van der Waals surface area contributed by atoms with Crippen LogP contribution in [0, 0.1) is 0 Å². The molecule has 0 aliphatic carbocycles. The fourth-order valence-corrected chi connectivity index (χ4v) is 3.46. The second-order valence-corrected chi connectivity index (χ2v) is 8.79. The summed E-state index contributed by atoms with van der Waals surface area (Å²) < 4.78 is 35.0. The van der Waals surface area contributed by atoms with Gasteiger partial charge in [0.05, 0.1) is 71.3 Å². The van der Waals surface area contributed by atoms with Gasteiger partial charge >= 0.3 is 0 Å². The number of hydrogen-bond donors (Lipinski definition) is 3. The van der Waals surface area contributed by atoms with Crippen LogP contribution in [0.15, 0.2) is 30.9 Å². The van der Waals surface area contributed by atoms with Gasteiger partial charge in [0.2, 0.25) is 0 Å². The third-order valence-corrected chi connectivity index (χ3v) is 5.51. The summed E-state index contributed by atoms with van der Waals surface area (Å²) in [6.45, 7) is 2.30. The van der Waals surface area contributed by atoms with E-state index in [0.717, 1.165) is 0 Å². The molecule has 176 valence electrons. The summed E-state index contributed by atoms with van der Waals surface area (Å²) in [5, 5.41) is 19.8. The van der Waals surface area contributed by atoms with Crippen molar-refractivity contribution in [1.82, 2.24) is 24.9 Å². The number of amides is 1. The summed E-state index contributed by atoms with van der Waals surface area (Å²) in [5.74, 6) is -0.623. The zero-order valence-electron chi connectivity index (χ0n) is 17.9. The molecule has 3 atom stereocenters. The van der Waals surface area contributed by atoms with Crippen LogP contribution in [0.1, 0.15) is 24.2 Å². The number of nitrogens with zero attached hydrogens (tertiary/aromatic N) is 4. The van der Waals surface area contributed by atoms with Crippen LogP contribution >= 0.6 is 11.6 Å². The van der Waals surface area contributed by atoms with Gasteiger partial charge in [-0.05, 0) is 19.9 Å². The molecular formula is C21H23ClF2N6O3. The zero-order valence-corrected chi connectivity index (χ0v) is 18.7. The maximum atomic E-state index is 14.2. The molecule has 3 aromatic rings. The van der Waals surface area contributed by atoms with Crippen molar-refractivity contribution in [2.24, 2.45) is 0 Å². The van der Waals surface area contributed by atoms with Crippen LogP contribution in [-0.2, 0) is 4.74 Å². The van der Waals surface area contributed by atoms with Gasteiger partial charge in [-0.1, -0.05) is 11.6 Å². The minimum atomic E-state index is -1.68. The van der Waals surface area contributed by atoms with Gasteiger partial charge in [0.15, 0.2) is 5.65 Å². The number of carbonyl (C=O) groups is 1. The standard InChI is InChI=1S/C21H23ClF2N6O3/c1-21(2,32)18(24)7-27-20(31)13-5-25-15(3-16(13)29-17-10-33-9-14(17)23)12-6-28-30-8-11(22)4-26-19(12)30/h3-6,8,14,17-18,32H,7,9-10H2,1-2H3,(H,25,29)(H,27,31)/t14-,17-,18?/m1/s1. The lowest BCUT2D eigenvalue weighted by Crippen LogP contribution is -2.42. The zero-order chi connectivity index (χ0) is 23.8. The number of aromatic nitrogens is 4. The largest absolute Gasteiger partial charge is 0.387 e. The maximum Gasteiger partial charge on any atom is 0.255 e. The molecule has 3 aromatic heterocycles. The summed E-state index contributed by atoms with van der Waals surface area (Å²) in [7, 11) is 0. The van der Waals surface area contributed by atoms with Crippen molar-refractivity contribution in [2.75, 3.05) is 25.1 Å². The first-order valence-electron chi connectivity index (χ1n) is 10.3. The molecule has 9 nitrogen and oxygen atoms in total. The fourth-order valence-electron chi connectivity index (χ4n) is 3.32. The van der Waals surface area contributed by atoms with Gasteiger partial charge in [-0.15, -0.1) is 0 Å². The maximum absolute atomic E-state index is 14.2. The number of halogens is 3. The molecule has 0 aromatic carbocycles. The Morgan fingerprint density at radius 1 is 1.36 bits per heavy atom. The second kappa shape index (κ2) is 9.16. The fraction of sp³-hybridized carbons (Fsp3) is 0.429. The van der Waals surface area contributed by atoms with Crippen molar-refractivity contribution >= 4 is 28.8 Å². The van der Waals surface area contributed by atoms with Gasteiger partial charge in [0.25, 0.3) is 5.91 Å². The first-order chi connectivity index (χ1) is 15.6. The lowest BCUT2D eigenvalue weighted by atomic mass is 10.0. The van der Waals surface area contributed by atoms with Crippen molar-refractivity contribution in [3.05, 3.63) is 41.4 Å². The summed E-state index contributed by atoms with van der Waals surface area (Å²) in [6, 6.07) is 0.911. The number of rotatable bonds is 7. The number of nitrogens with one attached hydrogen (secondary N) is 2. The van der Waals surface area contributed by atoms with Gasteiger partial charge in [0.1, 0.15) is 12.3 Å². The van der Waals surface area contributed by atoms with E-state index in [1.165, 1.54) is 30.8 Å². The quantitative estimate of drug-likeness (QED) is 0.476. The molecule has 1 aliphatic rings. The molecule has 4 rings (SSSR count). The molecular weight excluding hydrogens is 458 g/mol. The van der Waals surface area contributed by atoms with Crippen LogP contribution in [-0.4, -0.2) is 74.3 Å². The average molecular weight is 481 g/mol. The van der Waals surface area contributed by atoms with Crippen LogP contribution in [0.4, 0.5) is 14.5 Å². The molecule has 1 fully saturated rings. The summed E-state index contributed by atoms with van der Waals surface area (Å²) >= 11 is 5.96. The van der Waals surface area contributed by atoms with Gasteiger partial charge in [-0.25, -0.2) is 18.3 Å². The van der Waals surface area contributed by atoms with Gasteiger partial charge in [-0.2, -0.15) is 5.10 Å². The van der Waals surface area contributed by atoms with Crippen LogP contribution in [0.5, 0.6) is 0 Å². The Balaban J connectivity index is 1.66. The third-order valence-electron chi connectivity index (χ3n) is 5.31. The van der Waals surface area contributed by atoms with Crippen LogP contribution in [0.25, 0.3) is 16.9 Å². The molecule has 1 amide bonds. The summed E-state index contributed by atoms with van der Waals surface area (Å²) in [5.41, 5.74) is 0.280. The minimum Gasteiger partial charge on any atom is -0.387 e. The highest BCUT2D eigenvalue weighted by Crippen LogP contribution is 2.28. The number of ether oxygens (including phenoxy) is 1. The molecule has 0 bridgehead atoms. The topological polar surface area (TPSA) is 114 Å². The van der Waals surface area contributed by atoms with Gasteiger partial charge < -0.3 is 20.5 Å². The predicted molar refractivity (Wildman–Crippen MR) is 118 cm³/mol. The molecule has 1 saturated heterocycles. The molecule has 3 N–H and O–H groups in total. The number of pyridine rings is 1. The molecule has 1 aliphatic heterocycles. The number of anilines is 1. The lowest BCUT2D eigenvalue weighted by molar-refractivity contribution is -0.00177. The van der Waals surface area contributed by atoms with Crippen molar-refractivity contribution in [3.63, 3.8) is 0 Å². The number of alkyl halides is 2. The Bertz CT molecular complexity index is 1170. The lowest BCUT2D eigenvalue weighted by Gasteiger charge is -2.23. The van der Waals surface area contributed by atoms with Crippen LogP contribution in [0.3, 0.4) is 0 Å². The highest BCUT2D eigenvalue weighted by molar-refractivity contribution is 6.30. The minimum absolute atomic E-state index is 0.0506. The van der Waals surface area contributed by atoms with Crippen LogP contribution < -0.4 is 10.6 Å². The Labute approximate surface area is 193 Å². The van der Waals surface area contributed by atoms with E-state index >= 15 is 0 Å². The Morgan fingerprint density at radius 2 is 2.15 bits per heavy atom. The van der Waals surface area contributed by atoms with E-state index in [1.54, 1.807) is 18.5 Å². The molecule has 4 heterocycles. The Hall–Kier alpha value is -2.89. The molecule has 33 heavy (non-hydrogen) atoms. The van der Waals surface area contributed by atoms with E-state index < -0.39 is 36.4 Å². The molecule has 12 heteroatoms. The van der Waals surface area contributed by atoms with E-state index in [-0.39, 0.29) is 18.8 Å². The van der Waals surface area contributed by atoms with Crippen molar-refractivity contribution in [3.8, 4) is 11.3 Å².